The number of rotatable bonds is 26. The van der Waals surface area contributed by atoms with Crippen molar-refractivity contribution >= 4 is 59.2 Å². The number of halogens is 52. The first kappa shape index (κ1) is 106. The molecule has 0 nitrogen and oxygen atoms in total. The minimum Gasteiger partial charge on any atom is -0.194 e. The maximum Gasteiger partial charge on any atom is 0.460 e. The molecule has 0 aliphatic heterocycles. The molecule has 5 aromatic rings. The lowest BCUT2D eigenvalue weighted by Crippen LogP contribution is -2.70. The molecule has 0 radical (unpaired) electrons. The maximum atomic E-state index is 16.9. The van der Waals surface area contributed by atoms with E-state index in [4.69, 9.17) is 0 Å². The minimum atomic E-state index is -9.43. The van der Waals surface area contributed by atoms with Gasteiger partial charge in [0.25, 0.3) is 0 Å². The first-order chi connectivity index (χ1) is 53.2. The third-order valence-corrected chi connectivity index (χ3v) is 33.5. The fraction of sp³-hybridized carbons (Fsp3) is 0.618. The highest BCUT2D eigenvalue weighted by molar-refractivity contribution is 6.91. The highest BCUT2D eigenvalue weighted by Crippen LogP contribution is 2.70. The van der Waals surface area contributed by atoms with E-state index in [1.807, 2.05) is 0 Å². The van der Waals surface area contributed by atoms with Crippen LogP contribution in [0.15, 0.2) is 48.5 Å². The van der Waals surface area contributed by atoms with Crippen molar-refractivity contribution in [3.05, 3.63) is 81.9 Å². The molecule has 0 heterocycles. The molecule has 0 bridgehead atoms. The Morgan fingerprint density at radius 3 is 0.418 bits per heavy atom. The van der Waals surface area contributed by atoms with Crippen LogP contribution in [-0.4, -0.2) is 136 Å². The summed E-state index contributed by atoms with van der Waals surface area (Å²) < 4.78 is 781. The van der Waals surface area contributed by atoms with Crippen LogP contribution >= 0.6 is 0 Å². The van der Waals surface area contributed by atoms with Crippen molar-refractivity contribution in [3.63, 3.8) is 0 Å². The Balaban J connectivity index is 2.50. The van der Waals surface area contributed by atoms with Crippen LogP contribution < -0.4 is 0 Å². The third kappa shape index (κ3) is 14.1. The number of fused-ring (bicyclic) bond motifs is 4. The van der Waals surface area contributed by atoms with Crippen molar-refractivity contribution < 1.29 is 228 Å². The van der Waals surface area contributed by atoms with Crippen LogP contribution in [0, 0.1) is 22.9 Å². The Bertz CT molecular complexity index is 4310. The fourth-order valence-corrected chi connectivity index (χ4v) is 24.5. The molecule has 0 amide bonds. The van der Waals surface area contributed by atoms with Crippen LogP contribution in [0.5, 0.6) is 0 Å². The van der Waals surface area contributed by atoms with Gasteiger partial charge in [-0.2, -0.15) is 228 Å². The predicted molar refractivity (Wildman–Crippen MR) is 331 cm³/mol. The molecule has 122 heavy (non-hydrogen) atoms. The highest BCUT2D eigenvalue weighted by Gasteiger charge is 2.96. The molecule has 0 N–H and O–H groups in total. The summed E-state index contributed by atoms with van der Waals surface area (Å²) >= 11 is 0. The Kier molecular flexibility index (Phi) is 25.8. The quantitative estimate of drug-likeness (QED) is 0.0224. The summed E-state index contributed by atoms with van der Waals surface area (Å²) in [4.78, 5) is 0. The molecule has 0 fully saturated rings. The van der Waals surface area contributed by atoms with Crippen molar-refractivity contribution in [2.75, 3.05) is 0 Å². The zero-order valence-electron chi connectivity index (χ0n) is 61.7. The van der Waals surface area contributed by atoms with E-state index in [-0.39, 0.29) is 24.3 Å². The summed E-state index contributed by atoms with van der Waals surface area (Å²) in [5.41, 5.74) is -23.0. The van der Waals surface area contributed by atoms with Gasteiger partial charge in [0.05, 0.1) is 0 Å². The molecule has 0 aliphatic rings. The van der Waals surface area contributed by atoms with Gasteiger partial charge in [0, 0.05) is 33.4 Å². The number of alkyl halides is 52. The summed E-state index contributed by atoms with van der Waals surface area (Å²) in [6.45, 7) is 15.2. The van der Waals surface area contributed by atoms with E-state index in [1.165, 1.54) is 83.1 Å². The largest absolute Gasteiger partial charge is 0.460 e. The highest BCUT2D eigenvalue weighted by atomic mass is 28.3. The van der Waals surface area contributed by atoms with E-state index < -0.39 is 293 Å². The SMILES string of the molecule is CC(C)[Si](C#Cc1c2cc3cc(C(F)(F)C(F)(F)C(F)(F)C(F)(F)C(F)(F)C(F)(F)F)c(C(F)(F)C(F)(F)C(F)(F)C(F)(F)C(F)(F)C(F)(F)F)cc3cc2c(C#C[Si](C(C)C)(C(C)C)C(C)C)c2cc3cc(C(F)(F)C(F)(F)C(F)(F)C(F)(F)C(F)(F)C(F)(F)F)c(C(F)(F)C(F)(F)C(F)(F)C(F)(F)C(F)(F)C(F)(F)F)cc3cc12)(C(C)C)C(C)C. The molecule has 0 saturated heterocycles. The summed E-state index contributed by atoms with van der Waals surface area (Å²) in [5.74, 6) is -178. The standard InChI is InChI=1S/C68H50F52Si2/c1-25(2)121(26(3)4,27(5)6)15-13-35-37-17-31-21-41(45(69,70)49(77,78)53(85,86)57(93,94)61(101,102)65(109,110)111)43(47(73,74)51(81,82)55(89,90)59(97,98)63(105,106)67(115,116)117)23-33(31)19-39(37)36(14-16-122(28(7)8,29(9)10)30(11)12)40-20-34-24-44(48(75,76)52(83,84)56(91,92)60(99,100)64(107,108)68(118,119)120)42(22-32(34)18-38(35)40)46(71,72)50(79,80)54(87,88)58(95,96)62(103,104)66(112,113)114/h17-30H,1-12H3. The average molecular weight is 1910 g/mol. The molecule has 54 heteroatoms. The van der Waals surface area contributed by atoms with Gasteiger partial charge in [-0.15, -0.1) is 11.1 Å². The van der Waals surface area contributed by atoms with E-state index in [0.717, 1.165) is 0 Å². The lowest BCUT2D eigenvalue weighted by Gasteiger charge is -2.42. The lowest BCUT2D eigenvalue weighted by molar-refractivity contribution is -0.444. The third-order valence-electron chi connectivity index (χ3n) is 20.9. The molecule has 0 atom stereocenters. The Labute approximate surface area is 650 Å². The van der Waals surface area contributed by atoms with Crippen LogP contribution in [0.1, 0.15) is 116 Å². The van der Waals surface area contributed by atoms with E-state index in [2.05, 4.69) is 22.9 Å². The lowest BCUT2D eigenvalue weighted by atomic mass is 9.81. The van der Waals surface area contributed by atoms with Crippen LogP contribution in [0.25, 0.3) is 43.1 Å². The average Bonchev–Trinajstić information content (AvgIpc) is 0.691. The summed E-state index contributed by atoms with van der Waals surface area (Å²) in [7, 11) is -8.05. The van der Waals surface area contributed by atoms with Crippen molar-refractivity contribution in [1.29, 1.82) is 0 Å². The minimum absolute atomic E-state index is 0.386. The Hall–Kier alpha value is -6.95. The molecule has 694 valence electrons. The fourth-order valence-electron chi connectivity index (χ4n) is 14.1. The predicted octanol–water partition coefficient (Wildman–Crippen LogP) is 30.2. The van der Waals surface area contributed by atoms with Gasteiger partial charge >= 0.3 is 143 Å². The van der Waals surface area contributed by atoms with Crippen LogP contribution in [0.2, 0.25) is 33.2 Å². The van der Waals surface area contributed by atoms with Gasteiger partial charge in [-0.1, -0.05) is 94.9 Å². The zero-order chi connectivity index (χ0) is 97.0. The van der Waals surface area contributed by atoms with Gasteiger partial charge < -0.3 is 0 Å². The number of hydrogen-bond acceptors (Lipinski definition) is 0. The van der Waals surface area contributed by atoms with Gasteiger partial charge in [-0.25, -0.2) is 0 Å². The normalized spacial score (nSPS) is 15.9. The molecule has 0 saturated carbocycles. The van der Waals surface area contributed by atoms with Gasteiger partial charge in [-0.3, -0.25) is 0 Å². The van der Waals surface area contributed by atoms with Crippen LogP contribution in [0.4, 0.5) is 228 Å². The molecular formula is C68H50F52Si2. The van der Waals surface area contributed by atoms with Gasteiger partial charge in [0.15, 0.2) is 0 Å². The smallest absolute Gasteiger partial charge is 0.194 e. The number of hydrogen-bond donors (Lipinski definition) is 0. The second-order valence-electron chi connectivity index (χ2n) is 29.8. The van der Waals surface area contributed by atoms with Crippen LogP contribution in [0.3, 0.4) is 0 Å². The van der Waals surface area contributed by atoms with Crippen molar-refractivity contribution in [1.82, 2.24) is 0 Å². The molecule has 5 rings (SSSR count). The summed E-state index contributed by atoms with van der Waals surface area (Å²) in [6.07, 6.45) is -33.7. The van der Waals surface area contributed by atoms with E-state index in [0.29, 0.717) is 0 Å². The van der Waals surface area contributed by atoms with Gasteiger partial charge in [0.2, 0.25) is 0 Å². The van der Waals surface area contributed by atoms with Crippen molar-refractivity contribution in [2.24, 2.45) is 0 Å². The number of benzene rings is 5. The zero-order valence-corrected chi connectivity index (χ0v) is 63.7. The first-order valence-electron chi connectivity index (χ1n) is 33.1. The second-order valence-corrected chi connectivity index (χ2v) is 41.0. The molecule has 5 aromatic carbocycles. The van der Waals surface area contributed by atoms with E-state index in [9.17, 15) is 123 Å². The monoisotopic (exact) mass is 1910 g/mol. The van der Waals surface area contributed by atoms with Gasteiger partial charge in [0.1, 0.15) is 16.1 Å². The summed E-state index contributed by atoms with van der Waals surface area (Å²) in [5, 5.41) is -15.4. The molecule has 0 aromatic heterocycles. The van der Waals surface area contributed by atoms with E-state index in [1.54, 1.807) is 0 Å². The van der Waals surface area contributed by atoms with Crippen molar-refractivity contribution in [3.8, 4) is 22.9 Å². The van der Waals surface area contributed by atoms with Gasteiger partial charge in [-0.05, 0) is 125 Å². The van der Waals surface area contributed by atoms with E-state index >= 15 is 105 Å². The topological polar surface area (TPSA) is 0 Å². The maximum absolute atomic E-state index is 16.9. The second kappa shape index (κ2) is 29.8. The van der Waals surface area contributed by atoms with Crippen molar-refractivity contribution in [2.45, 2.75) is 259 Å². The Morgan fingerprint density at radius 2 is 0.303 bits per heavy atom. The summed E-state index contributed by atoms with van der Waals surface area (Å²) in [6, 6.07) is -8.51. The first-order valence-corrected chi connectivity index (χ1v) is 37.6. The van der Waals surface area contributed by atoms with Crippen LogP contribution in [-0.2, 0) is 23.7 Å². The Morgan fingerprint density at radius 1 is 0.180 bits per heavy atom. The molecule has 0 aliphatic carbocycles. The molecule has 0 spiro atoms. The molecule has 0 unspecified atom stereocenters. The molecular weight excluding hydrogens is 1860 g/mol.